The third-order valence-corrected chi connectivity index (χ3v) is 6.38. The minimum atomic E-state index is 0.261. The molecule has 1 fully saturated rings. The molecule has 0 bridgehead atoms. The molecule has 0 radical (unpaired) electrons. The number of nitrogens with one attached hydrogen (secondary N) is 1. The number of piperazine rings is 1. The first-order valence-corrected chi connectivity index (χ1v) is 9.96. The van der Waals surface area contributed by atoms with Crippen molar-refractivity contribution in [2.75, 3.05) is 26.2 Å². The predicted octanol–water partition coefficient (Wildman–Crippen LogP) is 1.83. The van der Waals surface area contributed by atoms with Gasteiger partial charge < -0.3 is 9.80 Å². The number of carbonyl (C=O) groups is 1. The molecule has 1 saturated heterocycles. The van der Waals surface area contributed by atoms with E-state index in [4.69, 9.17) is 4.98 Å². The Bertz CT molecular complexity index is 787. The molecule has 124 valence electrons. The fourth-order valence-electron chi connectivity index (χ4n) is 3.13. The van der Waals surface area contributed by atoms with E-state index < -0.39 is 0 Å². The van der Waals surface area contributed by atoms with Crippen LogP contribution in [0.5, 0.6) is 0 Å². The molecular weight excluding hydrogens is 338 g/mol. The predicted molar refractivity (Wildman–Crippen MR) is 98.6 cm³/mol. The van der Waals surface area contributed by atoms with Gasteiger partial charge in [-0.25, -0.2) is 4.98 Å². The maximum Gasteiger partial charge on any atom is 0.228 e. The highest BCUT2D eigenvalue weighted by molar-refractivity contribution is 7.18. The molecule has 0 spiro atoms. The lowest BCUT2D eigenvalue weighted by molar-refractivity contribution is -0.917. The molecular formula is C18H20N3OS2+. The minimum absolute atomic E-state index is 0.261. The van der Waals surface area contributed by atoms with Crippen LogP contribution in [0.3, 0.4) is 0 Å². The first-order valence-electron chi connectivity index (χ1n) is 8.26. The number of amides is 1. The Morgan fingerprint density at radius 2 is 2.00 bits per heavy atom. The summed E-state index contributed by atoms with van der Waals surface area (Å²) in [6.45, 7) is 4.68. The molecule has 0 unspecified atom stereocenters. The van der Waals surface area contributed by atoms with Crippen molar-refractivity contribution < 1.29 is 9.69 Å². The molecule has 1 amide bonds. The molecule has 0 aliphatic carbocycles. The molecule has 4 rings (SSSR count). The number of benzene rings is 1. The highest BCUT2D eigenvalue weighted by Gasteiger charge is 2.24. The van der Waals surface area contributed by atoms with Crippen LogP contribution in [0.4, 0.5) is 0 Å². The van der Waals surface area contributed by atoms with Crippen molar-refractivity contribution in [3.8, 4) is 0 Å². The molecule has 3 aromatic rings. The number of thiazole rings is 1. The van der Waals surface area contributed by atoms with Crippen LogP contribution in [0, 0.1) is 0 Å². The lowest BCUT2D eigenvalue weighted by Crippen LogP contribution is -3.13. The van der Waals surface area contributed by atoms with E-state index in [0.717, 1.165) is 43.1 Å². The molecule has 0 atom stereocenters. The van der Waals surface area contributed by atoms with E-state index in [1.807, 2.05) is 28.5 Å². The third-order valence-electron chi connectivity index (χ3n) is 4.47. The number of fused-ring (bicyclic) bond motifs is 1. The summed E-state index contributed by atoms with van der Waals surface area (Å²) >= 11 is 3.45. The van der Waals surface area contributed by atoms with E-state index in [0.29, 0.717) is 6.42 Å². The standard InChI is InChI=1S/C18H19N3OS2/c22-18(12-14-4-3-11-23-14)21-9-7-20(8-10-21)13-17-19-15-5-1-2-6-16(15)24-17/h1-6,11H,7-10,12-13H2/p+1. The maximum atomic E-state index is 12.4. The smallest absolute Gasteiger partial charge is 0.228 e. The Labute approximate surface area is 149 Å². The maximum absolute atomic E-state index is 12.4. The summed E-state index contributed by atoms with van der Waals surface area (Å²) in [7, 11) is 0. The van der Waals surface area contributed by atoms with Gasteiger partial charge in [0, 0.05) is 4.88 Å². The topological polar surface area (TPSA) is 37.6 Å². The van der Waals surface area contributed by atoms with Crippen molar-refractivity contribution in [1.29, 1.82) is 0 Å². The molecule has 4 nitrogen and oxygen atoms in total. The highest BCUT2D eigenvalue weighted by Crippen LogP contribution is 2.20. The molecule has 1 aliphatic heterocycles. The van der Waals surface area contributed by atoms with Gasteiger partial charge in [0.05, 0.1) is 42.8 Å². The zero-order chi connectivity index (χ0) is 16.4. The van der Waals surface area contributed by atoms with E-state index in [9.17, 15) is 4.79 Å². The first-order chi connectivity index (χ1) is 11.8. The monoisotopic (exact) mass is 358 g/mol. The number of thiophene rings is 1. The summed E-state index contributed by atoms with van der Waals surface area (Å²) in [5, 5.41) is 3.23. The average molecular weight is 359 g/mol. The number of hydrogen-bond acceptors (Lipinski definition) is 4. The molecule has 24 heavy (non-hydrogen) atoms. The SMILES string of the molecule is O=C(Cc1cccs1)N1CC[NH+](Cc2nc3ccccc3s2)CC1. The van der Waals surface area contributed by atoms with Gasteiger partial charge in [-0.1, -0.05) is 18.2 Å². The number of rotatable bonds is 4. The van der Waals surface area contributed by atoms with Crippen LogP contribution < -0.4 is 4.90 Å². The van der Waals surface area contributed by atoms with Gasteiger partial charge >= 0.3 is 0 Å². The minimum Gasteiger partial charge on any atom is -0.331 e. The van der Waals surface area contributed by atoms with Gasteiger partial charge in [-0.15, -0.1) is 22.7 Å². The van der Waals surface area contributed by atoms with Crippen LogP contribution in [0.15, 0.2) is 41.8 Å². The number of para-hydroxylation sites is 1. The van der Waals surface area contributed by atoms with Crippen molar-refractivity contribution in [3.63, 3.8) is 0 Å². The molecule has 2 aromatic heterocycles. The lowest BCUT2D eigenvalue weighted by Gasteiger charge is -2.31. The molecule has 1 aliphatic rings. The Balaban J connectivity index is 1.31. The van der Waals surface area contributed by atoms with Crippen LogP contribution in [0.1, 0.15) is 9.88 Å². The second-order valence-corrected chi connectivity index (χ2v) is 8.29. The van der Waals surface area contributed by atoms with Crippen LogP contribution in [-0.4, -0.2) is 42.0 Å². The Morgan fingerprint density at radius 3 is 2.75 bits per heavy atom. The van der Waals surface area contributed by atoms with Crippen LogP contribution in [0.25, 0.3) is 10.2 Å². The van der Waals surface area contributed by atoms with Crippen molar-refractivity contribution in [3.05, 3.63) is 51.7 Å². The summed E-state index contributed by atoms with van der Waals surface area (Å²) in [4.78, 5) is 21.8. The summed E-state index contributed by atoms with van der Waals surface area (Å²) in [6.07, 6.45) is 0.546. The van der Waals surface area contributed by atoms with E-state index in [1.165, 1.54) is 14.6 Å². The van der Waals surface area contributed by atoms with Crippen molar-refractivity contribution in [2.24, 2.45) is 0 Å². The van der Waals surface area contributed by atoms with Crippen molar-refractivity contribution in [1.82, 2.24) is 9.88 Å². The zero-order valence-electron chi connectivity index (χ0n) is 13.4. The fourth-order valence-corrected chi connectivity index (χ4v) is 4.87. The highest BCUT2D eigenvalue weighted by atomic mass is 32.1. The number of aromatic nitrogens is 1. The number of quaternary nitrogens is 1. The second kappa shape index (κ2) is 7.01. The van der Waals surface area contributed by atoms with Crippen LogP contribution >= 0.6 is 22.7 Å². The largest absolute Gasteiger partial charge is 0.331 e. The molecule has 1 N–H and O–H groups in total. The number of carbonyl (C=O) groups excluding carboxylic acids is 1. The van der Waals surface area contributed by atoms with Gasteiger partial charge in [0.1, 0.15) is 11.6 Å². The quantitative estimate of drug-likeness (QED) is 0.773. The van der Waals surface area contributed by atoms with Gasteiger partial charge in [0.15, 0.2) is 0 Å². The molecule has 1 aromatic carbocycles. The van der Waals surface area contributed by atoms with Gasteiger partial charge in [-0.05, 0) is 23.6 Å². The Hall–Kier alpha value is -1.76. The van der Waals surface area contributed by atoms with E-state index in [1.54, 1.807) is 22.7 Å². The van der Waals surface area contributed by atoms with E-state index in [2.05, 4.69) is 18.2 Å². The van der Waals surface area contributed by atoms with Gasteiger partial charge in [-0.3, -0.25) is 4.79 Å². The Kier molecular flexibility index (Phi) is 4.60. The summed E-state index contributed by atoms with van der Waals surface area (Å²) in [5.74, 6) is 0.261. The van der Waals surface area contributed by atoms with Crippen LogP contribution in [-0.2, 0) is 17.8 Å². The molecule has 3 heterocycles. The summed E-state index contributed by atoms with van der Waals surface area (Å²) < 4.78 is 1.26. The van der Waals surface area contributed by atoms with Crippen LogP contribution in [0.2, 0.25) is 0 Å². The van der Waals surface area contributed by atoms with Gasteiger partial charge in [0.2, 0.25) is 5.91 Å². The fraction of sp³-hybridized carbons (Fsp3) is 0.333. The van der Waals surface area contributed by atoms with Crippen molar-refractivity contribution >= 4 is 38.8 Å². The third kappa shape index (κ3) is 3.50. The van der Waals surface area contributed by atoms with E-state index >= 15 is 0 Å². The number of hydrogen-bond donors (Lipinski definition) is 1. The second-order valence-electron chi connectivity index (χ2n) is 6.14. The molecule has 0 saturated carbocycles. The summed E-state index contributed by atoms with van der Waals surface area (Å²) in [6, 6.07) is 12.4. The molecule has 6 heteroatoms. The average Bonchev–Trinajstić information content (AvgIpc) is 3.24. The lowest BCUT2D eigenvalue weighted by atomic mass is 10.2. The number of nitrogens with zero attached hydrogens (tertiary/aromatic N) is 2. The normalized spacial score (nSPS) is 15.9. The van der Waals surface area contributed by atoms with E-state index in [-0.39, 0.29) is 5.91 Å². The first kappa shape index (κ1) is 15.7. The summed E-state index contributed by atoms with van der Waals surface area (Å²) in [5.41, 5.74) is 1.10. The van der Waals surface area contributed by atoms with Crippen molar-refractivity contribution in [2.45, 2.75) is 13.0 Å². The van der Waals surface area contributed by atoms with Gasteiger partial charge in [0.25, 0.3) is 0 Å². The van der Waals surface area contributed by atoms with Gasteiger partial charge in [-0.2, -0.15) is 0 Å². The zero-order valence-corrected chi connectivity index (χ0v) is 15.0. The Morgan fingerprint density at radius 1 is 1.17 bits per heavy atom.